The number of fused-ring (bicyclic) bond motifs is 1. The van der Waals surface area contributed by atoms with Crippen molar-refractivity contribution in [1.29, 1.82) is 0 Å². The van der Waals surface area contributed by atoms with E-state index in [0.29, 0.717) is 6.61 Å². The monoisotopic (exact) mass is 288 g/mol. The van der Waals surface area contributed by atoms with Crippen molar-refractivity contribution in [2.75, 3.05) is 12.3 Å². The molecule has 1 aliphatic rings. The van der Waals surface area contributed by atoms with Gasteiger partial charge in [-0.05, 0) is 55.9 Å². The molecule has 0 radical (unpaired) electrons. The molecule has 0 spiro atoms. The molecular formula is C17H24N2O2. The molecule has 0 aliphatic heterocycles. The van der Waals surface area contributed by atoms with Gasteiger partial charge in [-0.2, -0.15) is 0 Å². The molecule has 4 heteroatoms. The number of benzene rings is 1. The largest absolute Gasteiger partial charge is 0.399 e. The van der Waals surface area contributed by atoms with Crippen molar-refractivity contribution >= 4 is 11.6 Å². The lowest BCUT2D eigenvalue weighted by Crippen LogP contribution is -2.38. The van der Waals surface area contributed by atoms with Gasteiger partial charge in [-0.25, -0.2) is 0 Å². The number of nitrogens with one attached hydrogen (secondary N) is 1. The van der Waals surface area contributed by atoms with E-state index in [2.05, 4.69) is 11.9 Å². The molecule has 0 saturated carbocycles. The fourth-order valence-electron chi connectivity index (χ4n) is 2.68. The summed E-state index contributed by atoms with van der Waals surface area (Å²) in [4.78, 5) is 12.2. The maximum Gasteiger partial charge on any atom is 0.249 e. The molecule has 21 heavy (non-hydrogen) atoms. The van der Waals surface area contributed by atoms with Gasteiger partial charge in [-0.15, -0.1) is 6.58 Å². The van der Waals surface area contributed by atoms with Crippen LogP contribution >= 0.6 is 0 Å². The van der Waals surface area contributed by atoms with Crippen molar-refractivity contribution in [3.8, 4) is 0 Å². The lowest BCUT2D eigenvalue weighted by Gasteiger charge is -2.27. The van der Waals surface area contributed by atoms with E-state index in [9.17, 15) is 4.79 Å². The van der Waals surface area contributed by atoms with Gasteiger partial charge in [0.25, 0.3) is 0 Å². The number of hydrogen-bond acceptors (Lipinski definition) is 3. The zero-order chi connectivity index (χ0) is 15.2. The zero-order valence-corrected chi connectivity index (χ0v) is 12.6. The molecule has 0 bridgehead atoms. The Bertz CT molecular complexity index is 514. The molecule has 1 aromatic carbocycles. The van der Waals surface area contributed by atoms with Gasteiger partial charge >= 0.3 is 0 Å². The maximum atomic E-state index is 12.2. The first kappa shape index (κ1) is 15.6. The van der Waals surface area contributed by atoms with Crippen LogP contribution in [0.15, 0.2) is 30.9 Å². The average molecular weight is 288 g/mol. The molecule has 3 N–H and O–H groups in total. The van der Waals surface area contributed by atoms with Crippen LogP contribution in [0.4, 0.5) is 5.69 Å². The van der Waals surface area contributed by atoms with Crippen LogP contribution in [0.25, 0.3) is 0 Å². The average Bonchev–Trinajstić information content (AvgIpc) is 2.47. The number of nitrogens with two attached hydrogens (primary N) is 1. The summed E-state index contributed by atoms with van der Waals surface area (Å²) in [7, 11) is 0. The summed E-state index contributed by atoms with van der Waals surface area (Å²) in [5.74, 6) is -0.0614. The Kier molecular flexibility index (Phi) is 5.39. The highest BCUT2D eigenvalue weighted by molar-refractivity contribution is 5.80. The van der Waals surface area contributed by atoms with Gasteiger partial charge in [0, 0.05) is 5.69 Å². The van der Waals surface area contributed by atoms with Crippen LogP contribution < -0.4 is 11.1 Å². The predicted molar refractivity (Wildman–Crippen MR) is 84.9 cm³/mol. The second-order valence-electron chi connectivity index (χ2n) is 5.50. The van der Waals surface area contributed by atoms with Gasteiger partial charge in [-0.3, -0.25) is 4.79 Å². The van der Waals surface area contributed by atoms with Gasteiger partial charge in [0.2, 0.25) is 5.91 Å². The Morgan fingerprint density at radius 2 is 2.43 bits per heavy atom. The van der Waals surface area contributed by atoms with E-state index >= 15 is 0 Å². The summed E-state index contributed by atoms with van der Waals surface area (Å²) in [6.07, 6.45) is 5.15. The van der Waals surface area contributed by atoms with Gasteiger partial charge in [0.15, 0.2) is 0 Å². The molecule has 2 atom stereocenters. The van der Waals surface area contributed by atoms with Crippen LogP contribution in [0.3, 0.4) is 0 Å². The zero-order valence-electron chi connectivity index (χ0n) is 12.6. The van der Waals surface area contributed by atoms with Crippen LogP contribution in [0.5, 0.6) is 0 Å². The molecule has 2 rings (SSSR count). The SMILES string of the molecule is C=CCCOC(C)C(=O)NC1CCCc2cc(N)ccc21. The molecule has 2 unspecified atom stereocenters. The molecule has 0 heterocycles. The Labute approximate surface area is 126 Å². The van der Waals surface area contributed by atoms with Crippen molar-refractivity contribution in [2.24, 2.45) is 0 Å². The van der Waals surface area contributed by atoms with E-state index < -0.39 is 6.10 Å². The molecule has 1 aromatic rings. The first-order chi connectivity index (χ1) is 10.1. The summed E-state index contributed by atoms with van der Waals surface area (Å²) in [5, 5.41) is 3.09. The molecular weight excluding hydrogens is 264 g/mol. The van der Waals surface area contributed by atoms with Crippen LogP contribution in [0.2, 0.25) is 0 Å². The number of anilines is 1. The fourth-order valence-corrected chi connectivity index (χ4v) is 2.68. The van der Waals surface area contributed by atoms with Crippen molar-refractivity contribution in [2.45, 2.75) is 44.8 Å². The Hall–Kier alpha value is -1.81. The molecule has 1 aliphatic carbocycles. The van der Waals surface area contributed by atoms with Crippen molar-refractivity contribution in [3.05, 3.63) is 42.0 Å². The topological polar surface area (TPSA) is 64.3 Å². The van der Waals surface area contributed by atoms with Gasteiger partial charge in [0.05, 0.1) is 12.6 Å². The third-order valence-electron chi connectivity index (χ3n) is 3.86. The van der Waals surface area contributed by atoms with E-state index in [-0.39, 0.29) is 11.9 Å². The third kappa shape index (κ3) is 4.08. The summed E-state index contributed by atoms with van der Waals surface area (Å²) in [6, 6.07) is 6.00. The minimum absolute atomic E-state index is 0.0614. The minimum atomic E-state index is -0.441. The van der Waals surface area contributed by atoms with Crippen LogP contribution in [0.1, 0.15) is 43.4 Å². The number of amides is 1. The molecule has 1 amide bonds. The number of ether oxygens (including phenoxy) is 1. The predicted octanol–water partition coefficient (Wildman–Crippen LogP) is 2.74. The van der Waals surface area contributed by atoms with Gasteiger partial charge in [0.1, 0.15) is 6.10 Å². The highest BCUT2D eigenvalue weighted by Crippen LogP contribution is 2.31. The second kappa shape index (κ2) is 7.27. The molecule has 114 valence electrons. The third-order valence-corrected chi connectivity index (χ3v) is 3.86. The normalized spacial score (nSPS) is 18.6. The Balaban J connectivity index is 1.97. The van der Waals surface area contributed by atoms with Crippen molar-refractivity contribution in [1.82, 2.24) is 5.32 Å². The first-order valence-electron chi connectivity index (χ1n) is 7.53. The lowest BCUT2D eigenvalue weighted by molar-refractivity contribution is -0.132. The fraction of sp³-hybridized carbons (Fsp3) is 0.471. The number of aryl methyl sites for hydroxylation is 1. The molecule has 0 aromatic heterocycles. The van der Waals surface area contributed by atoms with Crippen LogP contribution in [-0.2, 0) is 16.0 Å². The van der Waals surface area contributed by atoms with Crippen molar-refractivity contribution in [3.63, 3.8) is 0 Å². The highest BCUT2D eigenvalue weighted by atomic mass is 16.5. The summed E-state index contributed by atoms with van der Waals surface area (Å²) in [5.41, 5.74) is 9.03. The summed E-state index contributed by atoms with van der Waals surface area (Å²) in [6.45, 7) is 5.94. The number of rotatable bonds is 6. The minimum Gasteiger partial charge on any atom is -0.399 e. The first-order valence-corrected chi connectivity index (χ1v) is 7.53. The molecule has 0 fully saturated rings. The van der Waals surface area contributed by atoms with E-state index in [4.69, 9.17) is 10.5 Å². The standard InChI is InChI=1S/C17H24N2O2/c1-3-4-10-21-12(2)17(20)19-16-7-5-6-13-11-14(18)8-9-15(13)16/h3,8-9,11-12,16H,1,4-7,10,18H2,2H3,(H,19,20). The maximum absolute atomic E-state index is 12.2. The summed E-state index contributed by atoms with van der Waals surface area (Å²) < 4.78 is 5.49. The van der Waals surface area contributed by atoms with E-state index in [1.807, 2.05) is 18.2 Å². The number of hydrogen-bond donors (Lipinski definition) is 2. The van der Waals surface area contributed by atoms with E-state index in [1.165, 1.54) is 11.1 Å². The van der Waals surface area contributed by atoms with E-state index in [0.717, 1.165) is 31.4 Å². The van der Waals surface area contributed by atoms with Gasteiger partial charge in [-0.1, -0.05) is 12.1 Å². The smallest absolute Gasteiger partial charge is 0.249 e. The van der Waals surface area contributed by atoms with Crippen LogP contribution in [-0.4, -0.2) is 18.6 Å². The molecule has 4 nitrogen and oxygen atoms in total. The summed E-state index contributed by atoms with van der Waals surface area (Å²) >= 11 is 0. The Morgan fingerprint density at radius 3 is 3.19 bits per heavy atom. The van der Waals surface area contributed by atoms with Crippen LogP contribution in [0, 0.1) is 0 Å². The second-order valence-corrected chi connectivity index (χ2v) is 5.50. The lowest BCUT2D eigenvalue weighted by atomic mass is 9.87. The number of carbonyl (C=O) groups is 1. The van der Waals surface area contributed by atoms with Gasteiger partial charge < -0.3 is 15.8 Å². The number of nitrogen functional groups attached to an aromatic ring is 1. The highest BCUT2D eigenvalue weighted by Gasteiger charge is 2.24. The molecule has 0 saturated heterocycles. The van der Waals surface area contributed by atoms with E-state index in [1.54, 1.807) is 13.0 Å². The number of carbonyl (C=O) groups excluding carboxylic acids is 1. The quantitative estimate of drug-likeness (QED) is 0.480. The van der Waals surface area contributed by atoms with Crippen molar-refractivity contribution < 1.29 is 9.53 Å². The Morgan fingerprint density at radius 1 is 1.62 bits per heavy atom.